The highest BCUT2D eigenvalue weighted by Gasteiger charge is 2.21. The first-order valence-corrected chi connectivity index (χ1v) is 8.03. The van der Waals surface area contributed by atoms with Crippen molar-refractivity contribution >= 4 is 10.9 Å². The molecule has 4 rings (SSSR count). The van der Waals surface area contributed by atoms with E-state index in [0.29, 0.717) is 11.4 Å². The minimum atomic E-state index is -0.656. The van der Waals surface area contributed by atoms with Crippen LogP contribution < -0.4 is 10.1 Å². The number of nitrogens with zero attached hydrogens (tertiary/aromatic N) is 2. The molecule has 3 aromatic rings. The fraction of sp³-hybridized carbons (Fsp3) is 0.278. The van der Waals surface area contributed by atoms with Crippen molar-refractivity contribution in [2.24, 2.45) is 0 Å². The van der Waals surface area contributed by atoms with Crippen LogP contribution in [0, 0.1) is 11.6 Å². The first-order valence-electron chi connectivity index (χ1n) is 8.03. The predicted octanol–water partition coefficient (Wildman–Crippen LogP) is 3.43. The zero-order valence-corrected chi connectivity index (χ0v) is 13.0. The van der Waals surface area contributed by atoms with Crippen LogP contribution in [0.15, 0.2) is 42.5 Å². The van der Waals surface area contributed by atoms with Gasteiger partial charge in [-0.1, -0.05) is 18.2 Å². The standard InChI is InChI=1S/C18H17F2N3O/c19-14-5-3-6-15(20)17(14)23-16-7-2-1-4-13(16)18(22-23)24-12-8-10-21-11-9-12/h1-7,12,21H,8-11H2. The van der Waals surface area contributed by atoms with Gasteiger partial charge in [-0.2, -0.15) is 0 Å². The Labute approximate surface area is 138 Å². The highest BCUT2D eigenvalue weighted by Crippen LogP contribution is 2.30. The van der Waals surface area contributed by atoms with Gasteiger partial charge in [-0.3, -0.25) is 0 Å². The van der Waals surface area contributed by atoms with Gasteiger partial charge in [0.1, 0.15) is 11.8 Å². The third kappa shape index (κ3) is 2.63. The van der Waals surface area contributed by atoms with E-state index < -0.39 is 11.6 Å². The van der Waals surface area contributed by atoms with Gasteiger partial charge in [-0.25, -0.2) is 13.5 Å². The molecule has 2 heterocycles. The molecular weight excluding hydrogens is 312 g/mol. The number of ether oxygens (including phenoxy) is 1. The van der Waals surface area contributed by atoms with Gasteiger partial charge in [0.05, 0.1) is 10.9 Å². The summed E-state index contributed by atoms with van der Waals surface area (Å²) in [7, 11) is 0. The first-order chi connectivity index (χ1) is 11.7. The lowest BCUT2D eigenvalue weighted by Crippen LogP contribution is -2.34. The third-order valence-electron chi connectivity index (χ3n) is 4.27. The molecule has 6 heteroatoms. The van der Waals surface area contributed by atoms with Crippen LogP contribution in [0.3, 0.4) is 0 Å². The molecule has 0 bridgehead atoms. The first kappa shape index (κ1) is 15.1. The van der Waals surface area contributed by atoms with Gasteiger partial charge in [0.2, 0.25) is 5.88 Å². The number of hydrogen-bond donors (Lipinski definition) is 1. The molecule has 0 aliphatic carbocycles. The van der Waals surface area contributed by atoms with Gasteiger partial charge in [0, 0.05) is 0 Å². The maximum atomic E-state index is 14.2. The summed E-state index contributed by atoms with van der Waals surface area (Å²) in [5.41, 5.74) is 0.430. The quantitative estimate of drug-likeness (QED) is 0.800. The van der Waals surface area contributed by atoms with Crippen molar-refractivity contribution in [2.75, 3.05) is 13.1 Å². The van der Waals surface area contributed by atoms with Gasteiger partial charge in [-0.15, -0.1) is 5.10 Å². The molecule has 1 N–H and O–H groups in total. The third-order valence-corrected chi connectivity index (χ3v) is 4.27. The van der Waals surface area contributed by atoms with Gasteiger partial charge in [0.15, 0.2) is 11.6 Å². The number of fused-ring (bicyclic) bond motifs is 1. The van der Waals surface area contributed by atoms with E-state index in [0.717, 1.165) is 31.3 Å². The average molecular weight is 329 g/mol. The molecule has 1 saturated heterocycles. The highest BCUT2D eigenvalue weighted by molar-refractivity contribution is 5.86. The number of rotatable bonds is 3. The number of nitrogens with one attached hydrogen (secondary N) is 1. The number of aromatic nitrogens is 2. The summed E-state index contributed by atoms with van der Waals surface area (Å²) in [6.07, 6.45) is 1.83. The van der Waals surface area contributed by atoms with E-state index in [4.69, 9.17) is 4.74 Å². The van der Waals surface area contributed by atoms with Crippen molar-refractivity contribution in [1.29, 1.82) is 0 Å². The van der Waals surface area contributed by atoms with Gasteiger partial charge < -0.3 is 10.1 Å². The maximum absolute atomic E-state index is 14.2. The zero-order valence-electron chi connectivity index (χ0n) is 13.0. The number of benzene rings is 2. The number of para-hydroxylation sites is 2. The molecule has 2 aromatic carbocycles. The fourth-order valence-corrected chi connectivity index (χ4v) is 3.06. The molecule has 0 unspecified atom stereocenters. The number of hydrogen-bond acceptors (Lipinski definition) is 3. The zero-order chi connectivity index (χ0) is 16.5. The summed E-state index contributed by atoms with van der Waals surface area (Å²) < 4.78 is 35.7. The molecule has 1 aliphatic heterocycles. The van der Waals surface area contributed by atoms with Crippen LogP contribution in [0.25, 0.3) is 16.6 Å². The van der Waals surface area contributed by atoms with Crippen LogP contribution >= 0.6 is 0 Å². The largest absolute Gasteiger partial charge is 0.473 e. The number of piperidine rings is 1. The molecule has 0 spiro atoms. The fourth-order valence-electron chi connectivity index (χ4n) is 3.06. The molecule has 1 fully saturated rings. The molecule has 4 nitrogen and oxygen atoms in total. The van der Waals surface area contributed by atoms with Crippen LogP contribution in [0.4, 0.5) is 8.78 Å². The topological polar surface area (TPSA) is 39.1 Å². The van der Waals surface area contributed by atoms with Crippen molar-refractivity contribution in [3.8, 4) is 11.6 Å². The lowest BCUT2D eigenvalue weighted by atomic mass is 10.1. The minimum absolute atomic E-state index is 0.0588. The molecule has 0 amide bonds. The Bertz CT molecular complexity index is 852. The maximum Gasteiger partial charge on any atom is 0.241 e. The van der Waals surface area contributed by atoms with Gasteiger partial charge >= 0.3 is 0 Å². The molecule has 0 saturated carbocycles. The van der Waals surface area contributed by atoms with E-state index in [1.54, 1.807) is 6.07 Å². The summed E-state index contributed by atoms with van der Waals surface area (Å²) in [6.45, 7) is 1.79. The van der Waals surface area contributed by atoms with E-state index in [1.165, 1.54) is 22.9 Å². The van der Waals surface area contributed by atoms with E-state index in [-0.39, 0.29) is 11.8 Å². The summed E-state index contributed by atoms with van der Waals surface area (Å²) in [5, 5.41) is 8.40. The molecular formula is C18H17F2N3O. The van der Waals surface area contributed by atoms with Gasteiger partial charge in [0.25, 0.3) is 0 Å². The van der Waals surface area contributed by atoms with Crippen molar-refractivity contribution < 1.29 is 13.5 Å². The predicted molar refractivity (Wildman–Crippen MR) is 87.5 cm³/mol. The monoisotopic (exact) mass is 329 g/mol. The minimum Gasteiger partial charge on any atom is -0.473 e. The summed E-state index contributed by atoms with van der Waals surface area (Å²) in [5.74, 6) is -0.895. The van der Waals surface area contributed by atoms with Crippen LogP contribution in [0.5, 0.6) is 5.88 Å². The highest BCUT2D eigenvalue weighted by atomic mass is 19.1. The molecule has 1 aliphatic rings. The Hall–Kier alpha value is -2.47. The van der Waals surface area contributed by atoms with E-state index >= 15 is 0 Å². The normalized spacial score (nSPS) is 15.8. The van der Waals surface area contributed by atoms with E-state index in [2.05, 4.69) is 10.4 Å². The SMILES string of the molecule is Fc1cccc(F)c1-n1nc(OC2CCNCC2)c2ccccc21. The second kappa shape index (κ2) is 6.20. The lowest BCUT2D eigenvalue weighted by molar-refractivity contribution is 0.157. The van der Waals surface area contributed by atoms with E-state index in [1.807, 2.05) is 18.2 Å². The molecule has 0 atom stereocenters. The molecule has 124 valence electrons. The van der Waals surface area contributed by atoms with Gasteiger partial charge in [-0.05, 0) is 50.2 Å². The van der Waals surface area contributed by atoms with Crippen molar-refractivity contribution in [2.45, 2.75) is 18.9 Å². The van der Waals surface area contributed by atoms with Crippen molar-refractivity contribution in [3.63, 3.8) is 0 Å². The molecule has 0 radical (unpaired) electrons. The Kier molecular flexibility index (Phi) is 3.90. The Balaban J connectivity index is 1.82. The van der Waals surface area contributed by atoms with E-state index in [9.17, 15) is 8.78 Å². The van der Waals surface area contributed by atoms with Crippen LogP contribution in [0.2, 0.25) is 0 Å². The molecule has 1 aromatic heterocycles. The van der Waals surface area contributed by atoms with Crippen LogP contribution in [-0.4, -0.2) is 29.0 Å². The summed E-state index contributed by atoms with van der Waals surface area (Å²) >= 11 is 0. The van der Waals surface area contributed by atoms with Crippen LogP contribution in [-0.2, 0) is 0 Å². The Morgan fingerprint density at radius 3 is 2.46 bits per heavy atom. The Morgan fingerprint density at radius 2 is 1.71 bits per heavy atom. The second-order valence-electron chi connectivity index (χ2n) is 5.87. The number of halogens is 2. The molecule has 24 heavy (non-hydrogen) atoms. The Morgan fingerprint density at radius 1 is 1.00 bits per heavy atom. The smallest absolute Gasteiger partial charge is 0.241 e. The van der Waals surface area contributed by atoms with Crippen molar-refractivity contribution in [1.82, 2.24) is 15.1 Å². The summed E-state index contributed by atoms with van der Waals surface area (Å²) in [6, 6.07) is 11.1. The lowest BCUT2D eigenvalue weighted by Gasteiger charge is -2.22. The average Bonchev–Trinajstić information content (AvgIpc) is 2.94. The summed E-state index contributed by atoms with van der Waals surface area (Å²) in [4.78, 5) is 0. The second-order valence-corrected chi connectivity index (χ2v) is 5.87. The van der Waals surface area contributed by atoms with Crippen molar-refractivity contribution in [3.05, 3.63) is 54.1 Å². The van der Waals surface area contributed by atoms with Crippen LogP contribution in [0.1, 0.15) is 12.8 Å².